The fraction of sp³-hybridized carbons (Fsp3) is 1.00. The van der Waals surface area contributed by atoms with Gasteiger partial charge in [-0.15, -0.1) is 0 Å². The van der Waals surface area contributed by atoms with Crippen LogP contribution in [0.3, 0.4) is 0 Å². The van der Waals surface area contributed by atoms with Crippen molar-refractivity contribution in [2.75, 3.05) is 52.9 Å². The molecule has 1 heterocycles. The molecule has 174 valence electrons. The van der Waals surface area contributed by atoms with E-state index >= 15 is 0 Å². The molecule has 4 nitrogen and oxygen atoms in total. The topological polar surface area (TPSA) is 36.9 Å². The average molecular weight is 771 g/mol. The maximum absolute atomic E-state index is 9.75. The Bertz CT molecular complexity index is 238. The summed E-state index contributed by atoms with van der Waals surface area (Å²) in [6, 6.07) is 0. The summed E-state index contributed by atoms with van der Waals surface area (Å²) in [7, 11) is -12.0. The van der Waals surface area contributed by atoms with Crippen molar-refractivity contribution in [2.24, 2.45) is 0 Å². The van der Waals surface area contributed by atoms with Crippen molar-refractivity contribution in [3.8, 4) is 0 Å². The smallest absolute Gasteiger partial charge is 0.418 e. The van der Waals surface area contributed by atoms with E-state index in [1.54, 1.807) is 0 Å². The molecule has 0 saturated carbocycles. The first-order valence-electron chi connectivity index (χ1n) is 8.21. The van der Waals surface area contributed by atoms with Gasteiger partial charge in [-0.25, -0.2) is 0 Å². The third kappa shape index (κ3) is 58.6. The molecule has 0 spiro atoms. The van der Waals surface area contributed by atoms with Crippen LogP contribution in [-0.2, 0) is 18.9 Å². The molecule has 0 aromatic rings. The Balaban J connectivity index is -0.000000512. The Kier molecular flexibility index (Phi) is 29.0. The van der Waals surface area contributed by atoms with Crippen LogP contribution in [0.15, 0.2) is 0 Å². The third-order valence-electron chi connectivity index (χ3n) is 2.23. The van der Waals surface area contributed by atoms with Crippen molar-refractivity contribution in [3.05, 3.63) is 0 Å². The second-order valence-electron chi connectivity index (χ2n) is 4.66. The van der Waals surface area contributed by atoms with Gasteiger partial charge < -0.3 is 34.5 Å². The number of rotatable bonds is 0. The molecule has 0 aliphatic carbocycles. The molecule has 29 heavy (non-hydrogen) atoms. The Labute approximate surface area is 198 Å². The van der Waals surface area contributed by atoms with Crippen molar-refractivity contribution in [1.82, 2.24) is 0 Å². The summed E-state index contributed by atoms with van der Waals surface area (Å²) >= 11 is 1.30. The van der Waals surface area contributed by atoms with E-state index in [9.17, 15) is 34.5 Å². The van der Waals surface area contributed by atoms with E-state index in [2.05, 4.69) is 0 Å². The van der Waals surface area contributed by atoms with Crippen molar-refractivity contribution in [1.29, 1.82) is 0 Å². The van der Waals surface area contributed by atoms with Crippen molar-refractivity contribution >= 4 is 71.7 Å². The van der Waals surface area contributed by atoms with Crippen LogP contribution >= 0.6 is 0 Å². The molecular formula is C12H24B2F8O4PbSe2. The Morgan fingerprint density at radius 2 is 0.586 bits per heavy atom. The molecule has 0 aromatic heterocycles. The van der Waals surface area contributed by atoms with E-state index in [-0.39, 0.29) is 27.3 Å². The van der Waals surface area contributed by atoms with Gasteiger partial charge in [-0.3, -0.25) is 0 Å². The largest absolute Gasteiger partial charge is 2.00 e. The molecule has 0 atom stereocenters. The maximum Gasteiger partial charge on any atom is 2.00 e. The molecule has 2 radical (unpaired) electrons. The van der Waals surface area contributed by atoms with Gasteiger partial charge in [0.25, 0.3) is 0 Å². The van der Waals surface area contributed by atoms with E-state index < -0.39 is 14.5 Å². The van der Waals surface area contributed by atoms with Gasteiger partial charge in [0, 0.05) is 0 Å². The van der Waals surface area contributed by atoms with Gasteiger partial charge in [0.2, 0.25) is 0 Å². The molecule has 1 aliphatic rings. The summed E-state index contributed by atoms with van der Waals surface area (Å²) in [6.45, 7) is 6.44. The quantitative estimate of drug-likeness (QED) is 0.280. The minimum atomic E-state index is -6.00. The summed E-state index contributed by atoms with van der Waals surface area (Å²) in [6.07, 6.45) is 0. The van der Waals surface area contributed by atoms with Crippen LogP contribution in [0.5, 0.6) is 0 Å². The first kappa shape index (κ1) is 35.0. The summed E-state index contributed by atoms with van der Waals surface area (Å²) in [5.74, 6) is 0. The predicted octanol–water partition coefficient (Wildman–Crippen LogP) is 3.37. The van der Waals surface area contributed by atoms with Crippen LogP contribution in [0.1, 0.15) is 0 Å². The zero-order valence-corrected chi connectivity index (χ0v) is 22.9. The summed E-state index contributed by atoms with van der Waals surface area (Å²) in [5, 5.41) is 4.71. The van der Waals surface area contributed by atoms with Crippen LogP contribution in [-0.4, -0.2) is 125 Å². The minimum absolute atomic E-state index is 0. The van der Waals surface area contributed by atoms with Gasteiger partial charge in [-0.1, -0.05) is 0 Å². The van der Waals surface area contributed by atoms with Crippen LogP contribution < -0.4 is 0 Å². The fourth-order valence-electron chi connectivity index (χ4n) is 1.32. The summed E-state index contributed by atoms with van der Waals surface area (Å²) in [5.41, 5.74) is 0. The fourth-order valence-corrected chi connectivity index (χ4v) is 4.15. The third-order valence-corrected chi connectivity index (χ3v) is 6.05. The predicted molar refractivity (Wildman–Crippen MR) is 100 cm³/mol. The van der Waals surface area contributed by atoms with Crippen molar-refractivity contribution in [3.63, 3.8) is 0 Å². The van der Waals surface area contributed by atoms with E-state index in [1.807, 2.05) is 0 Å². The standard InChI is InChI=1S/C12H24O4Se2.2BF4.Pb/c1-2-14-6-10-18-12-8-16-4-3-15-7-11-17-9-5-13-1;2*2-1(3,4)5;/h1-12H2;;;/q;2*-1;+2. The minimum Gasteiger partial charge on any atom is -0.418 e. The molecule has 0 aromatic carbocycles. The molecule has 1 aliphatic heterocycles. The van der Waals surface area contributed by atoms with Crippen LogP contribution in [0, 0.1) is 0 Å². The van der Waals surface area contributed by atoms with Gasteiger partial charge in [0.1, 0.15) is 0 Å². The van der Waals surface area contributed by atoms with Gasteiger partial charge >= 0.3 is 165 Å². The first-order valence-corrected chi connectivity index (χ1v) is 13.1. The van der Waals surface area contributed by atoms with Crippen molar-refractivity contribution < 1.29 is 53.5 Å². The normalized spacial score (nSPS) is 19.0. The zero-order valence-electron chi connectivity index (χ0n) is 15.6. The Hall–Kier alpha value is 1.37. The molecule has 0 amide bonds. The molecule has 0 N–H and O–H groups in total. The molecule has 1 saturated heterocycles. The van der Waals surface area contributed by atoms with Gasteiger partial charge in [-0.05, 0) is 0 Å². The Morgan fingerprint density at radius 1 is 0.414 bits per heavy atom. The second-order valence-corrected chi connectivity index (χ2v) is 9.80. The molecule has 1 rings (SSSR count). The maximum atomic E-state index is 9.75. The number of hydrogen-bond donors (Lipinski definition) is 0. The monoisotopic (exact) mass is 774 g/mol. The van der Waals surface area contributed by atoms with Crippen LogP contribution in [0.2, 0.25) is 21.3 Å². The number of halogens is 8. The van der Waals surface area contributed by atoms with E-state index in [1.165, 1.54) is 21.3 Å². The molecular weight excluding hydrogens is 747 g/mol. The van der Waals surface area contributed by atoms with Crippen LogP contribution in [0.4, 0.5) is 34.5 Å². The summed E-state index contributed by atoms with van der Waals surface area (Å²) < 4.78 is 100. The first-order chi connectivity index (χ1) is 13.0. The zero-order chi connectivity index (χ0) is 21.7. The number of hydrogen-bond acceptors (Lipinski definition) is 4. The molecule has 17 heteroatoms. The van der Waals surface area contributed by atoms with Crippen molar-refractivity contribution in [2.45, 2.75) is 21.3 Å². The molecule has 0 bridgehead atoms. The van der Waals surface area contributed by atoms with Crippen LogP contribution in [0.25, 0.3) is 0 Å². The van der Waals surface area contributed by atoms with E-state index in [0.29, 0.717) is 29.9 Å². The number of ether oxygens (including phenoxy) is 4. The van der Waals surface area contributed by atoms with Gasteiger partial charge in [-0.2, -0.15) is 0 Å². The van der Waals surface area contributed by atoms with E-state index in [0.717, 1.165) is 52.9 Å². The molecule has 0 unspecified atom stereocenters. The van der Waals surface area contributed by atoms with Gasteiger partial charge in [0.05, 0.1) is 0 Å². The second kappa shape index (κ2) is 24.0. The SMILES string of the molecule is C1COCC[Se]CCOCCOCC[Se]CCO1.F[B-](F)(F)F.F[B-](F)(F)F.[Pb+2]. The van der Waals surface area contributed by atoms with E-state index in [4.69, 9.17) is 18.9 Å². The Morgan fingerprint density at radius 3 is 0.759 bits per heavy atom. The summed E-state index contributed by atoms with van der Waals surface area (Å²) in [4.78, 5) is 0. The van der Waals surface area contributed by atoms with Gasteiger partial charge in [0.15, 0.2) is 0 Å². The average Bonchev–Trinajstić information content (AvgIpc) is 2.52. The molecule has 1 fully saturated rings.